The molecule has 1 saturated heterocycles. The molecule has 2 aliphatic heterocycles. The number of ether oxygens (including phenoxy) is 3. The molecule has 1 saturated carbocycles. The fourth-order valence-corrected chi connectivity index (χ4v) is 6.17. The van der Waals surface area contributed by atoms with Crippen molar-refractivity contribution in [3.05, 3.63) is 34.6 Å². The molecule has 204 valence electrons. The van der Waals surface area contributed by atoms with Gasteiger partial charge in [-0.15, -0.1) is 0 Å². The lowest BCUT2D eigenvalue weighted by molar-refractivity contribution is -0.0366. The molecule has 9 nitrogen and oxygen atoms in total. The highest BCUT2D eigenvalue weighted by atomic mass is 16.5. The highest BCUT2D eigenvalue weighted by Gasteiger charge is 2.44. The summed E-state index contributed by atoms with van der Waals surface area (Å²) in [5.74, 6) is 0.635. The van der Waals surface area contributed by atoms with E-state index in [1.807, 2.05) is 6.20 Å². The zero-order valence-electron chi connectivity index (χ0n) is 23.4. The molecule has 1 atom stereocenters. The second-order valence-corrected chi connectivity index (χ2v) is 11.6. The Kier molecular flexibility index (Phi) is 6.68. The van der Waals surface area contributed by atoms with E-state index < -0.39 is 0 Å². The van der Waals surface area contributed by atoms with E-state index in [9.17, 15) is 0 Å². The number of nitrogens with zero attached hydrogens (tertiary/aromatic N) is 6. The fraction of sp³-hybridized carbons (Fsp3) is 0.621. The molecule has 0 N–H and O–H groups in total. The number of rotatable bonds is 8. The predicted molar refractivity (Wildman–Crippen MR) is 147 cm³/mol. The van der Waals surface area contributed by atoms with Crippen LogP contribution < -0.4 is 14.4 Å². The zero-order chi connectivity index (χ0) is 26.4. The van der Waals surface area contributed by atoms with Gasteiger partial charge in [-0.3, -0.25) is 0 Å². The van der Waals surface area contributed by atoms with E-state index in [0.717, 1.165) is 55.7 Å². The summed E-state index contributed by atoms with van der Waals surface area (Å²) in [7, 11) is 5.91. The Hall–Kier alpha value is -2.91. The van der Waals surface area contributed by atoms with E-state index in [4.69, 9.17) is 24.3 Å². The third-order valence-electron chi connectivity index (χ3n) is 8.45. The molecule has 0 amide bonds. The van der Waals surface area contributed by atoms with E-state index >= 15 is 0 Å². The normalized spacial score (nSPS) is 20.6. The Balaban J connectivity index is 1.30. The first kappa shape index (κ1) is 25.4. The molecular formula is C29H40N6O3. The lowest BCUT2D eigenvalue weighted by Crippen LogP contribution is -2.33. The van der Waals surface area contributed by atoms with Crippen molar-refractivity contribution in [1.82, 2.24) is 24.6 Å². The molecule has 38 heavy (non-hydrogen) atoms. The molecule has 0 spiro atoms. The first-order chi connectivity index (χ1) is 18.4. The summed E-state index contributed by atoms with van der Waals surface area (Å²) in [6, 6.07) is 2.68. The molecule has 1 aromatic carbocycles. The van der Waals surface area contributed by atoms with Crippen molar-refractivity contribution in [1.29, 1.82) is 0 Å². The molecule has 2 fully saturated rings. The Morgan fingerprint density at radius 1 is 1.18 bits per heavy atom. The van der Waals surface area contributed by atoms with Crippen molar-refractivity contribution in [3.8, 4) is 11.9 Å². The number of hydrogen-bond acceptors (Lipinski definition) is 8. The summed E-state index contributed by atoms with van der Waals surface area (Å²) in [6.07, 6.45) is 8.52. The molecule has 2 aromatic heterocycles. The van der Waals surface area contributed by atoms with Gasteiger partial charge in [0.05, 0.1) is 43.4 Å². The molecule has 0 radical (unpaired) electrons. The largest absolute Gasteiger partial charge is 0.481 e. The van der Waals surface area contributed by atoms with Gasteiger partial charge in [-0.25, -0.2) is 4.68 Å². The highest BCUT2D eigenvalue weighted by Crippen LogP contribution is 2.46. The van der Waals surface area contributed by atoms with E-state index in [-0.39, 0.29) is 11.6 Å². The molecular weight excluding hydrogens is 480 g/mol. The molecule has 3 aliphatic rings. The average molecular weight is 521 g/mol. The summed E-state index contributed by atoms with van der Waals surface area (Å²) >= 11 is 0. The van der Waals surface area contributed by atoms with Crippen LogP contribution in [0.5, 0.6) is 11.9 Å². The van der Waals surface area contributed by atoms with Gasteiger partial charge in [-0.1, -0.05) is 0 Å². The summed E-state index contributed by atoms with van der Waals surface area (Å²) in [4.78, 5) is 14.2. The van der Waals surface area contributed by atoms with Crippen LogP contribution in [0, 0.1) is 19.3 Å². The van der Waals surface area contributed by atoms with E-state index in [2.05, 4.69) is 53.5 Å². The summed E-state index contributed by atoms with van der Waals surface area (Å²) in [6.45, 7) is 8.40. The van der Waals surface area contributed by atoms with E-state index in [1.165, 1.54) is 41.5 Å². The number of aromatic nitrogens is 4. The topological polar surface area (TPSA) is 77.8 Å². The van der Waals surface area contributed by atoms with Gasteiger partial charge < -0.3 is 24.0 Å². The number of anilines is 1. The van der Waals surface area contributed by atoms with Crippen LogP contribution in [0.2, 0.25) is 0 Å². The van der Waals surface area contributed by atoms with Gasteiger partial charge in [0.1, 0.15) is 0 Å². The van der Waals surface area contributed by atoms with Crippen molar-refractivity contribution < 1.29 is 14.2 Å². The van der Waals surface area contributed by atoms with Crippen LogP contribution in [0.25, 0.3) is 10.9 Å². The maximum absolute atomic E-state index is 6.19. The van der Waals surface area contributed by atoms with Crippen LogP contribution in [0.4, 0.5) is 5.69 Å². The first-order valence-electron chi connectivity index (χ1n) is 13.9. The minimum Gasteiger partial charge on any atom is -0.481 e. The molecule has 9 heteroatoms. The van der Waals surface area contributed by atoms with Crippen LogP contribution in [0.3, 0.4) is 0 Å². The van der Waals surface area contributed by atoms with E-state index in [1.54, 1.807) is 7.11 Å². The minimum atomic E-state index is 0.0113. The Morgan fingerprint density at radius 3 is 2.74 bits per heavy atom. The average Bonchev–Trinajstić information content (AvgIpc) is 3.55. The van der Waals surface area contributed by atoms with Crippen LogP contribution in [-0.2, 0) is 17.7 Å². The summed E-state index contributed by atoms with van der Waals surface area (Å²) in [5, 5.41) is 5.98. The van der Waals surface area contributed by atoms with Gasteiger partial charge in [0, 0.05) is 36.1 Å². The fourth-order valence-electron chi connectivity index (χ4n) is 6.17. The summed E-state index contributed by atoms with van der Waals surface area (Å²) < 4.78 is 20.1. The second-order valence-electron chi connectivity index (χ2n) is 11.6. The predicted octanol–water partition coefficient (Wildman–Crippen LogP) is 4.43. The minimum absolute atomic E-state index is 0.0113. The highest BCUT2D eigenvalue weighted by molar-refractivity contribution is 5.95. The van der Waals surface area contributed by atoms with Crippen molar-refractivity contribution >= 4 is 16.6 Å². The maximum Gasteiger partial charge on any atom is 0.320 e. The Morgan fingerprint density at radius 2 is 2.03 bits per heavy atom. The third-order valence-corrected chi connectivity index (χ3v) is 8.45. The van der Waals surface area contributed by atoms with Crippen LogP contribution >= 0.6 is 0 Å². The maximum atomic E-state index is 6.19. The van der Waals surface area contributed by atoms with Crippen LogP contribution in [0.15, 0.2) is 12.3 Å². The quantitative estimate of drug-likeness (QED) is 0.432. The molecule has 6 rings (SSSR count). The standard InChI is InChI=1S/C29H40N6O3/c1-19-14-24-22(15-30-35(24)25-8-6-7-13-37-25)26(20(19)2)34-12-9-21-23(16-34)31-28(32-27(21)36-5)38-18-29(10-11-29)17-33(3)4/h14-15,25H,6-13,16-18H2,1-5H3. The number of hydrogen-bond donors (Lipinski definition) is 0. The van der Waals surface area contributed by atoms with Crippen molar-refractivity contribution in [2.24, 2.45) is 5.41 Å². The molecule has 1 aliphatic carbocycles. The van der Waals surface area contributed by atoms with Crippen molar-refractivity contribution in [2.75, 3.05) is 52.4 Å². The van der Waals surface area contributed by atoms with Gasteiger partial charge in [0.15, 0.2) is 6.23 Å². The zero-order valence-corrected chi connectivity index (χ0v) is 23.4. The van der Waals surface area contributed by atoms with E-state index in [0.29, 0.717) is 25.0 Å². The second kappa shape index (κ2) is 10.0. The summed E-state index contributed by atoms with van der Waals surface area (Å²) in [5.41, 5.74) is 7.19. The lowest BCUT2D eigenvalue weighted by Gasteiger charge is -2.33. The molecule has 0 bridgehead atoms. The first-order valence-corrected chi connectivity index (χ1v) is 13.9. The van der Waals surface area contributed by atoms with Crippen LogP contribution in [0.1, 0.15) is 60.7 Å². The Labute approximate surface area is 225 Å². The SMILES string of the molecule is COc1nc(OCC2(CN(C)C)CC2)nc2c1CCN(c1c(C)c(C)cc3c1cnn3C1CCCCO1)C2. The third kappa shape index (κ3) is 4.71. The smallest absolute Gasteiger partial charge is 0.320 e. The van der Waals surface area contributed by atoms with Gasteiger partial charge in [-0.2, -0.15) is 15.1 Å². The van der Waals surface area contributed by atoms with Gasteiger partial charge in [-0.05, 0) is 83.7 Å². The van der Waals surface area contributed by atoms with Crippen molar-refractivity contribution in [2.45, 2.75) is 65.1 Å². The van der Waals surface area contributed by atoms with Gasteiger partial charge in [0.2, 0.25) is 5.88 Å². The number of methoxy groups -OCH3 is 1. The lowest BCUT2D eigenvalue weighted by atomic mass is 9.99. The van der Waals surface area contributed by atoms with Gasteiger partial charge in [0.25, 0.3) is 0 Å². The monoisotopic (exact) mass is 520 g/mol. The van der Waals surface area contributed by atoms with Gasteiger partial charge >= 0.3 is 6.01 Å². The number of fused-ring (bicyclic) bond motifs is 2. The van der Waals surface area contributed by atoms with Crippen molar-refractivity contribution in [3.63, 3.8) is 0 Å². The van der Waals surface area contributed by atoms with Crippen LogP contribution in [-0.4, -0.2) is 72.2 Å². The Bertz CT molecular complexity index is 1330. The number of benzene rings is 1. The molecule has 1 unspecified atom stereocenters. The molecule has 3 aromatic rings. The molecule has 4 heterocycles. The number of aryl methyl sites for hydroxylation is 1.